The lowest BCUT2D eigenvalue weighted by Gasteiger charge is -1.02. The summed E-state index contributed by atoms with van der Waals surface area (Å²) in [6, 6.07) is 0. The van der Waals surface area contributed by atoms with Crippen molar-refractivity contribution in [1.82, 2.24) is 0 Å². The molecule has 0 aliphatic carbocycles. The first-order chi connectivity index (χ1) is 6.66. The molecule has 8 heteroatoms. The van der Waals surface area contributed by atoms with Crippen LogP contribution >= 0.6 is 0 Å². The van der Waals surface area contributed by atoms with Crippen molar-refractivity contribution >= 4 is 24.3 Å². The van der Waals surface area contributed by atoms with Crippen molar-refractivity contribution in [2.45, 2.75) is 0 Å². The maximum Gasteiger partial charge on any atom is 0.231 e. The molecule has 0 amide bonds. The molecule has 0 radical (unpaired) electrons. The van der Waals surface area contributed by atoms with Crippen LogP contribution in [0.5, 0.6) is 0 Å². The molecule has 0 saturated carbocycles. The average Bonchev–Trinajstić information content (AvgIpc) is 2.12. The first-order valence-electron chi connectivity index (χ1n) is 2.32. The highest BCUT2D eigenvalue weighted by atomic mass is 16.1. The number of hydrogen-bond donors (Lipinski definition) is 4. The molecule has 0 aromatic heterocycles. The van der Waals surface area contributed by atoms with E-state index in [-0.39, 0.29) is 0 Å². The summed E-state index contributed by atoms with van der Waals surface area (Å²) in [4.78, 5) is 33.4. The fraction of sp³-hybridized carbons (Fsp3) is 0. The van der Waals surface area contributed by atoms with Crippen LogP contribution in [0.4, 0.5) is 0 Å². The van der Waals surface area contributed by atoms with E-state index in [1.807, 2.05) is 0 Å². The number of isocyanates is 4. The fourth-order valence-electron chi connectivity index (χ4n) is 0. The van der Waals surface area contributed by atoms with Gasteiger partial charge in [-0.1, -0.05) is 0 Å². The molecule has 0 unspecified atom stereocenters. The van der Waals surface area contributed by atoms with Gasteiger partial charge >= 0.3 is 0 Å². The minimum Gasteiger partial charge on any atom is -0.222 e. The summed E-state index contributed by atoms with van der Waals surface area (Å²) in [6.45, 7) is 6.00. The van der Waals surface area contributed by atoms with E-state index in [1.54, 1.807) is 0 Å². The van der Waals surface area contributed by atoms with Crippen molar-refractivity contribution in [3.05, 3.63) is 13.2 Å². The SMILES string of the molecule is C=C.N=C=O.N=C=O.N=C=O.N=C=O. The smallest absolute Gasteiger partial charge is 0.222 e. The van der Waals surface area contributed by atoms with E-state index in [0.29, 0.717) is 0 Å². The van der Waals surface area contributed by atoms with Crippen molar-refractivity contribution in [2.24, 2.45) is 0 Å². The molecular formula is C6H8N4O4. The summed E-state index contributed by atoms with van der Waals surface area (Å²) in [5.74, 6) is 0. The van der Waals surface area contributed by atoms with E-state index < -0.39 is 0 Å². The molecule has 0 atom stereocenters. The van der Waals surface area contributed by atoms with E-state index in [9.17, 15) is 0 Å². The second-order valence-electron chi connectivity index (χ2n) is 0.408. The van der Waals surface area contributed by atoms with Crippen molar-refractivity contribution in [2.75, 3.05) is 0 Å². The fourth-order valence-corrected chi connectivity index (χ4v) is 0. The van der Waals surface area contributed by atoms with Gasteiger partial charge in [-0.2, -0.15) is 0 Å². The summed E-state index contributed by atoms with van der Waals surface area (Å²) in [7, 11) is 0. The average molecular weight is 200 g/mol. The van der Waals surface area contributed by atoms with Gasteiger partial charge in [0.1, 0.15) is 0 Å². The van der Waals surface area contributed by atoms with E-state index >= 15 is 0 Å². The molecule has 0 spiro atoms. The largest absolute Gasteiger partial charge is 0.231 e. The van der Waals surface area contributed by atoms with Gasteiger partial charge in [-0.25, -0.2) is 40.8 Å². The van der Waals surface area contributed by atoms with Gasteiger partial charge in [0.25, 0.3) is 0 Å². The van der Waals surface area contributed by atoms with Gasteiger partial charge in [-0.3, -0.25) is 0 Å². The lowest BCUT2D eigenvalue weighted by molar-refractivity contribution is 0.562. The summed E-state index contributed by atoms with van der Waals surface area (Å²) in [6.07, 6.45) is 3.00. The minimum atomic E-state index is 0.750. The van der Waals surface area contributed by atoms with Crippen LogP contribution in [0.3, 0.4) is 0 Å². The summed E-state index contributed by atoms with van der Waals surface area (Å²) < 4.78 is 0. The van der Waals surface area contributed by atoms with E-state index in [4.69, 9.17) is 40.8 Å². The number of nitrogens with one attached hydrogen (secondary N) is 4. The topological polar surface area (TPSA) is 164 Å². The Morgan fingerprint density at radius 1 is 0.571 bits per heavy atom. The lowest BCUT2D eigenvalue weighted by atomic mass is 11.3. The Hall–Kier alpha value is -2.74. The Bertz CT molecular complexity index is 166. The standard InChI is InChI=1S/C2H4.4CHNO/c1-2;4*2-1-3/h1-2H2;4*2H. The number of rotatable bonds is 0. The molecule has 0 heterocycles. The lowest BCUT2D eigenvalue weighted by Crippen LogP contribution is -1.16. The highest BCUT2D eigenvalue weighted by Gasteiger charge is 1.04. The van der Waals surface area contributed by atoms with Crippen LogP contribution in [0.1, 0.15) is 0 Å². The van der Waals surface area contributed by atoms with Crippen LogP contribution in [0.25, 0.3) is 0 Å². The van der Waals surface area contributed by atoms with Gasteiger partial charge in [-0.15, -0.1) is 13.2 Å². The maximum absolute atomic E-state index is 8.35. The number of hydrogen-bond acceptors (Lipinski definition) is 8. The molecule has 76 valence electrons. The minimum absolute atomic E-state index is 0.750. The molecule has 0 rings (SSSR count). The molecule has 0 aromatic rings. The van der Waals surface area contributed by atoms with Crippen LogP contribution in [0, 0.1) is 21.6 Å². The summed E-state index contributed by atoms with van der Waals surface area (Å²) in [5.41, 5.74) is 0. The van der Waals surface area contributed by atoms with Crippen LogP contribution in [0.15, 0.2) is 13.2 Å². The second-order valence-corrected chi connectivity index (χ2v) is 0.408. The first-order valence-corrected chi connectivity index (χ1v) is 2.32. The summed E-state index contributed by atoms with van der Waals surface area (Å²) in [5, 5.41) is 21.6. The van der Waals surface area contributed by atoms with Gasteiger partial charge in [0.05, 0.1) is 0 Å². The van der Waals surface area contributed by atoms with Crippen molar-refractivity contribution < 1.29 is 19.2 Å². The molecule has 0 bridgehead atoms. The normalized spacial score (nSPS) is 2.57. The van der Waals surface area contributed by atoms with E-state index in [1.165, 1.54) is 0 Å². The Morgan fingerprint density at radius 3 is 0.571 bits per heavy atom. The number of carbonyl (C=O) groups excluding carboxylic acids is 4. The maximum atomic E-state index is 8.35. The van der Waals surface area contributed by atoms with E-state index in [2.05, 4.69) is 13.2 Å². The molecule has 0 aromatic carbocycles. The van der Waals surface area contributed by atoms with Gasteiger partial charge in [-0.05, 0) is 0 Å². The Morgan fingerprint density at radius 2 is 0.571 bits per heavy atom. The predicted octanol–water partition coefficient (Wildman–Crippen LogP) is 0.406. The van der Waals surface area contributed by atoms with Gasteiger partial charge in [0.15, 0.2) is 0 Å². The third kappa shape index (κ3) is 84.2. The van der Waals surface area contributed by atoms with Crippen LogP contribution in [-0.4, -0.2) is 24.3 Å². The third-order valence-corrected chi connectivity index (χ3v) is 0. The van der Waals surface area contributed by atoms with Crippen LogP contribution < -0.4 is 0 Å². The highest BCUT2D eigenvalue weighted by Crippen LogP contribution is 0.878. The summed E-state index contributed by atoms with van der Waals surface area (Å²) >= 11 is 0. The van der Waals surface area contributed by atoms with Gasteiger partial charge in [0, 0.05) is 0 Å². The molecule has 0 aliphatic rings. The predicted molar refractivity (Wildman–Crippen MR) is 44.9 cm³/mol. The molecular weight excluding hydrogens is 192 g/mol. The molecule has 0 aliphatic heterocycles. The van der Waals surface area contributed by atoms with Crippen molar-refractivity contribution in [3.63, 3.8) is 0 Å². The van der Waals surface area contributed by atoms with Crippen LogP contribution in [-0.2, 0) is 19.2 Å². The monoisotopic (exact) mass is 200 g/mol. The highest BCUT2D eigenvalue weighted by molar-refractivity contribution is 5.26. The molecule has 8 nitrogen and oxygen atoms in total. The van der Waals surface area contributed by atoms with Crippen molar-refractivity contribution in [3.8, 4) is 0 Å². The van der Waals surface area contributed by atoms with Gasteiger partial charge < -0.3 is 0 Å². The molecule has 0 fully saturated rings. The first kappa shape index (κ1) is 30.2. The second kappa shape index (κ2) is 554. The van der Waals surface area contributed by atoms with Gasteiger partial charge in [0.2, 0.25) is 24.3 Å². The zero-order valence-corrected chi connectivity index (χ0v) is 7.05. The zero-order chi connectivity index (χ0) is 12.8. The molecule has 0 saturated heterocycles. The van der Waals surface area contributed by atoms with Crippen molar-refractivity contribution in [1.29, 1.82) is 21.6 Å². The third-order valence-electron chi connectivity index (χ3n) is 0. The molecule has 14 heavy (non-hydrogen) atoms. The Kier molecular flexibility index (Phi) is 1200. The van der Waals surface area contributed by atoms with Crippen LogP contribution in [0.2, 0.25) is 0 Å². The quantitative estimate of drug-likeness (QED) is 0.253. The Labute approximate surface area is 79.3 Å². The van der Waals surface area contributed by atoms with E-state index in [0.717, 1.165) is 24.3 Å². The Balaban J connectivity index is -0.0000000243. The molecule has 4 N–H and O–H groups in total. The zero-order valence-electron chi connectivity index (χ0n) is 7.05.